The fourth-order valence-electron chi connectivity index (χ4n) is 3.72. The van der Waals surface area contributed by atoms with Crippen molar-refractivity contribution in [3.8, 4) is 5.75 Å². The van der Waals surface area contributed by atoms with E-state index in [1.165, 1.54) is 38.5 Å². The molecule has 0 aliphatic carbocycles. The maximum Gasteiger partial charge on any atom is 0.306 e. The summed E-state index contributed by atoms with van der Waals surface area (Å²) in [5.41, 5.74) is 2.66. The zero-order valence-corrected chi connectivity index (χ0v) is 20.7. The fraction of sp³-hybridized carbons (Fsp3) is 0.741. The van der Waals surface area contributed by atoms with Gasteiger partial charge in [-0.15, -0.1) is 0 Å². The molecule has 3 heteroatoms. The van der Waals surface area contributed by atoms with Crippen molar-refractivity contribution in [3.05, 3.63) is 28.8 Å². The average molecular weight is 419 g/mol. The maximum atomic E-state index is 12.2. The third-order valence-corrected chi connectivity index (χ3v) is 5.66. The Morgan fingerprint density at radius 2 is 1.30 bits per heavy atom. The van der Waals surface area contributed by atoms with Crippen LogP contribution in [0.15, 0.2) is 12.1 Å². The molecular formula is C27H46O3. The quantitative estimate of drug-likeness (QED) is 0.281. The third kappa shape index (κ3) is 9.53. The topological polar surface area (TPSA) is 46.5 Å². The van der Waals surface area contributed by atoms with Crippen molar-refractivity contribution in [1.29, 1.82) is 0 Å². The SMILES string of the molecule is CCCCCCCCCCOC(=O)CCc1cc(C(C)(C)C)c(O)c(C(C)(C)C)c1. The van der Waals surface area contributed by atoms with Gasteiger partial charge in [0, 0.05) is 6.42 Å². The molecule has 1 N–H and O–H groups in total. The molecule has 0 aliphatic rings. The predicted octanol–water partition coefficient (Wildman–Crippen LogP) is 7.60. The van der Waals surface area contributed by atoms with Crippen molar-refractivity contribution in [2.75, 3.05) is 6.61 Å². The average Bonchev–Trinajstić information content (AvgIpc) is 2.64. The van der Waals surface area contributed by atoms with Gasteiger partial charge in [-0.1, -0.05) is 106 Å². The molecule has 0 amide bonds. The van der Waals surface area contributed by atoms with E-state index in [2.05, 4.69) is 60.6 Å². The number of carbonyl (C=O) groups excluding carboxylic acids is 1. The van der Waals surface area contributed by atoms with Crippen molar-refractivity contribution in [2.45, 2.75) is 124 Å². The summed E-state index contributed by atoms with van der Waals surface area (Å²) in [6.45, 7) is 15.4. The Balaban J connectivity index is 2.51. The fourth-order valence-corrected chi connectivity index (χ4v) is 3.72. The number of phenols is 1. The Labute approximate surface area is 185 Å². The van der Waals surface area contributed by atoms with E-state index < -0.39 is 0 Å². The van der Waals surface area contributed by atoms with Crippen LogP contribution in [-0.4, -0.2) is 17.7 Å². The van der Waals surface area contributed by atoms with Gasteiger partial charge in [0.05, 0.1) is 6.61 Å². The highest BCUT2D eigenvalue weighted by molar-refractivity contribution is 5.69. The zero-order chi connectivity index (χ0) is 22.8. The number of ether oxygens (including phenoxy) is 1. The van der Waals surface area contributed by atoms with Gasteiger partial charge in [0.2, 0.25) is 0 Å². The largest absolute Gasteiger partial charge is 0.507 e. The van der Waals surface area contributed by atoms with Crippen LogP contribution >= 0.6 is 0 Å². The molecule has 30 heavy (non-hydrogen) atoms. The lowest BCUT2D eigenvalue weighted by molar-refractivity contribution is -0.143. The molecule has 0 radical (unpaired) electrons. The normalized spacial score (nSPS) is 12.2. The summed E-state index contributed by atoms with van der Waals surface area (Å²) in [6, 6.07) is 4.10. The van der Waals surface area contributed by atoms with Gasteiger partial charge in [-0.05, 0) is 40.4 Å². The molecule has 0 heterocycles. The highest BCUT2D eigenvalue weighted by atomic mass is 16.5. The Morgan fingerprint density at radius 3 is 1.77 bits per heavy atom. The van der Waals surface area contributed by atoms with Crippen LogP contribution in [0, 0.1) is 0 Å². The molecule has 1 aromatic rings. The van der Waals surface area contributed by atoms with E-state index in [1.54, 1.807) is 0 Å². The molecule has 0 aliphatic heterocycles. The van der Waals surface area contributed by atoms with Gasteiger partial charge in [-0.3, -0.25) is 4.79 Å². The Bertz CT molecular complexity index is 612. The first-order valence-corrected chi connectivity index (χ1v) is 12.0. The summed E-state index contributed by atoms with van der Waals surface area (Å²) >= 11 is 0. The molecule has 3 nitrogen and oxygen atoms in total. The first kappa shape index (κ1) is 26.5. The summed E-state index contributed by atoms with van der Waals surface area (Å²) in [5, 5.41) is 10.8. The number of unbranched alkanes of at least 4 members (excludes halogenated alkanes) is 7. The molecule has 0 bridgehead atoms. The molecule has 0 unspecified atom stereocenters. The van der Waals surface area contributed by atoms with Crippen LogP contribution in [-0.2, 0) is 26.8 Å². The first-order valence-electron chi connectivity index (χ1n) is 12.0. The standard InChI is InChI=1S/C27H46O3/c1-8-9-10-11-12-13-14-15-18-30-24(28)17-16-21-19-22(26(2,3)4)25(29)23(20-21)27(5,6)7/h19-20,29H,8-18H2,1-7H3. The van der Waals surface area contributed by atoms with Gasteiger partial charge in [-0.25, -0.2) is 0 Å². The monoisotopic (exact) mass is 418 g/mol. The maximum absolute atomic E-state index is 12.2. The van der Waals surface area contributed by atoms with E-state index in [-0.39, 0.29) is 16.8 Å². The van der Waals surface area contributed by atoms with Crippen molar-refractivity contribution < 1.29 is 14.6 Å². The molecule has 0 spiro atoms. The van der Waals surface area contributed by atoms with E-state index >= 15 is 0 Å². The number of hydrogen-bond donors (Lipinski definition) is 1. The third-order valence-electron chi connectivity index (χ3n) is 5.66. The van der Waals surface area contributed by atoms with E-state index in [9.17, 15) is 9.90 Å². The molecule has 0 atom stereocenters. The van der Waals surface area contributed by atoms with E-state index in [0.29, 0.717) is 25.2 Å². The molecule has 0 saturated heterocycles. The van der Waals surface area contributed by atoms with Crippen LogP contribution in [0.25, 0.3) is 0 Å². The second-order valence-corrected chi connectivity index (χ2v) is 10.7. The van der Waals surface area contributed by atoms with E-state index in [0.717, 1.165) is 29.5 Å². The number of hydrogen-bond acceptors (Lipinski definition) is 3. The minimum absolute atomic E-state index is 0.124. The summed E-state index contributed by atoms with van der Waals surface area (Å²) in [4.78, 5) is 12.2. The predicted molar refractivity (Wildman–Crippen MR) is 127 cm³/mol. The van der Waals surface area contributed by atoms with Crippen LogP contribution in [0.3, 0.4) is 0 Å². The van der Waals surface area contributed by atoms with E-state index in [4.69, 9.17) is 4.74 Å². The molecule has 0 aromatic heterocycles. The minimum atomic E-state index is -0.156. The minimum Gasteiger partial charge on any atom is -0.507 e. The van der Waals surface area contributed by atoms with Crippen LogP contribution in [0.5, 0.6) is 5.75 Å². The summed E-state index contributed by atoms with van der Waals surface area (Å²) < 4.78 is 5.44. The lowest BCUT2D eigenvalue weighted by Crippen LogP contribution is -2.18. The van der Waals surface area contributed by atoms with Gasteiger partial charge in [0.15, 0.2) is 0 Å². The molecule has 172 valence electrons. The molecular weight excluding hydrogens is 372 g/mol. The van der Waals surface area contributed by atoms with Crippen molar-refractivity contribution in [2.24, 2.45) is 0 Å². The highest BCUT2D eigenvalue weighted by Gasteiger charge is 2.26. The number of aromatic hydroxyl groups is 1. The molecule has 0 fully saturated rings. The smallest absolute Gasteiger partial charge is 0.306 e. The van der Waals surface area contributed by atoms with Gasteiger partial charge in [0.1, 0.15) is 5.75 Å². The number of carbonyl (C=O) groups is 1. The van der Waals surface area contributed by atoms with Gasteiger partial charge in [-0.2, -0.15) is 0 Å². The summed E-state index contributed by atoms with van der Waals surface area (Å²) in [5.74, 6) is 0.261. The highest BCUT2D eigenvalue weighted by Crippen LogP contribution is 2.40. The van der Waals surface area contributed by atoms with Crippen molar-refractivity contribution in [3.63, 3.8) is 0 Å². The van der Waals surface area contributed by atoms with Crippen molar-refractivity contribution in [1.82, 2.24) is 0 Å². The summed E-state index contributed by atoms with van der Waals surface area (Å²) in [7, 11) is 0. The number of aryl methyl sites for hydroxylation is 1. The van der Waals surface area contributed by atoms with Crippen LogP contribution in [0.1, 0.15) is 123 Å². The van der Waals surface area contributed by atoms with Crippen LogP contribution in [0.2, 0.25) is 0 Å². The second kappa shape index (κ2) is 12.4. The Kier molecular flexibility index (Phi) is 10.9. The van der Waals surface area contributed by atoms with Gasteiger partial charge < -0.3 is 9.84 Å². The van der Waals surface area contributed by atoms with Crippen LogP contribution in [0.4, 0.5) is 0 Å². The van der Waals surface area contributed by atoms with Gasteiger partial charge >= 0.3 is 5.97 Å². The number of esters is 1. The number of phenolic OH excluding ortho intramolecular Hbond substituents is 1. The van der Waals surface area contributed by atoms with Gasteiger partial charge in [0.25, 0.3) is 0 Å². The summed E-state index contributed by atoms with van der Waals surface area (Å²) in [6.07, 6.45) is 11.0. The molecule has 0 saturated carbocycles. The number of benzene rings is 1. The molecule has 1 aromatic carbocycles. The Morgan fingerprint density at radius 1 is 0.833 bits per heavy atom. The molecule has 1 rings (SSSR count). The zero-order valence-electron chi connectivity index (χ0n) is 20.7. The van der Waals surface area contributed by atoms with E-state index in [1.807, 2.05) is 0 Å². The number of rotatable bonds is 12. The second-order valence-electron chi connectivity index (χ2n) is 10.7. The van der Waals surface area contributed by atoms with Crippen LogP contribution < -0.4 is 0 Å². The first-order chi connectivity index (χ1) is 14.0. The van der Waals surface area contributed by atoms with Crippen molar-refractivity contribution >= 4 is 5.97 Å². The lowest BCUT2D eigenvalue weighted by atomic mass is 9.78. The lowest BCUT2D eigenvalue weighted by Gasteiger charge is -2.28. The Hall–Kier alpha value is -1.51.